The summed E-state index contributed by atoms with van der Waals surface area (Å²) in [6.07, 6.45) is 11.4. The first-order valence-corrected chi connectivity index (χ1v) is 9.16. The third-order valence-electron chi connectivity index (χ3n) is 6.32. The Morgan fingerprint density at radius 2 is 1.09 bits per heavy atom. The molecule has 0 spiro atoms. The molecule has 4 atom stereocenters. The Morgan fingerprint density at radius 1 is 0.591 bits per heavy atom. The fraction of sp³-hybridized carbons (Fsp3) is 1.00. The van der Waals surface area contributed by atoms with Gasteiger partial charge >= 0.3 is 0 Å². The maximum atomic E-state index is 6.14. The van der Waals surface area contributed by atoms with Crippen molar-refractivity contribution in [2.24, 2.45) is 0 Å². The van der Waals surface area contributed by atoms with Crippen molar-refractivity contribution in [3.8, 4) is 0 Å². The van der Waals surface area contributed by atoms with Crippen molar-refractivity contribution in [3.63, 3.8) is 0 Å². The van der Waals surface area contributed by atoms with Crippen molar-refractivity contribution in [3.05, 3.63) is 0 Å². The summed E-state index contributed by atoms with van der Waals surface area (Å²) < 4.78 is 12.3. The van der Waals surface area contributed by atoms with Gasteiger partial charge in [0.05, 0.1) is 37.6 Å². The number of rotatable bonds is 0. The minimum absolute atomic E-state index is 0.458. The summed E-state index contributed by atoms with van der Waals surface area (Å²) in [4.78, 5) is 0. The summed E-state index contributed by atoms with van der Waals surface area (Å²) in [7, 11) is 0. The standard InChI is InChI=1S/C16H28N4O2/c1-3-7-15-13(5-1)19-10-20-14-6-2-4-8-16(14)22-12-18(20)9-17(19)11-21-15/h13-16H,1-12H2. The van der Waals surface area contributed by atoms with Gasteiger partial charge in [-0.05, 0) is 25.7 Å². The second-order valence-electron chi connectivity index (χ2n) is 7.55. The second kappa shape index (κ2) is 5.69. The highest BCUT2D eigenvalue weighted by molar-refractivity contribution is 4.91. The SMILES string of the molecule is C1CCC2C(C1)OCN1CN3COC4CCCCC4N3CN21. The molecule has 5 rings (SSSR count). The van der Waals surface area contributed by atoms with E-state index in [0.29, 0.717) is 24.3 Å². The fourth-order valence-corrected chi connectivity index (χ4v) is 5.13. The van der Waals surface area contributed by atoms with Crippen LogP contribution in [-0.2, 0) is 9.47 Å². The summed E-state index contributed by atoms with van der Waals surface area (Å²) in [5.41, 5.74) is 0. The van der Waals surface area contributed by atoms with Gasteiger partial charge in [-0.25, -0.2) is 10.0 Å². The lowest BCUT2D eigenvalue weighted by atomic mass is 9.90. The summed E-state index contributed by atoms with van der Waals surface area (Å²) in [5.74, 6) is 0. The fourth-order valence-electron chi connectivity index (χ4n) is 5.13. The summed E-state index contributed by atoms with van der Waals surface area (Å²) in [6.45, 7) is 3.46. The molecular formula is C16H28N4O2. The molecule has 0 aromatic rings. The molecule has 5 aliphatic rings. The smallest absolute Gasteiger partial charge is 0.114 e. The number of hydrogen-bond acceptors (Lipinski definition) is 6. The van der Waals surface area contributed by atoms with E-state index < -0.39 is 0 Å². The molecule has 5 fully saturated rings. The van der Waals surface area contributed by atoms with Gasteiger partial charge < -0.3 is 9.47 Å². The summed E-state index contributed by atoms with van der Waals surface area (Å²) in [6, 6.07) is 1.18. The molecule has 6 heteroatoms. The van der Waals surface area contributed by atoms with Gasteiger partial charge in [0.15, 0.2) is 0 Å². The molecule has 0 amide bonds. The van der Waals surface area contributed by atoms with Gasteiger partial charge in [0.1, 0.15) is 13.5 Å². The van der Waals surface area contributed by atoms with E-state index in [1.807, 2.05) is 0 Å². The molecule has 2 saturated carbocycles. The predicted molar refractivity (Wildman–Crippen MR) is 81.1 cm³/mol. The van der Waals surface area contributed by atoms with E-state index >= 15 is 0 Å². The van der Waals surface area contributed by atoms with Crippen molar-refractivity contribution in [1.29, 1.82) is 0 Å². The first-order valence-electron chi connectivity index (χ1n) is 9.16. The van der Waals surface area contributed by atoms with Crippen LogP contribution in [0.5, 0.6) is 0 Å². The van der Waals surface area contributed by atoms with Crippen LogP contribution in [0.3, 0.4) is 0 Å². The number of ether oxygens (including phenoxy) is 2. The van der Waals surface area contributed by atoms with Crippen LogP contribution in [0.15, 0.2) is 0 Å². The van der Waals surface area contributed by atoms with Crippen LogP contribution in [0.1, 0.15) is 51.4 Å². The highest BCUT2D eigenvalue weighted by Crippen LogP contribution is 2.36. The average molecular weight is 308 g/mol. The van der Waals surface area contributed by atoms with Gasteiger partial charge in [-0.3, -0.25) is 0 Å². The normalized spacial score (nSPS) is 44.7. The van der Waals surface area contributed by atoms with Crippen LogP contribution in [0.2, 0.25) is 0 Å². The van der Waals surface area contributed by atoms with E-state index in [1.165, 1.54) is 51.4 Å². The first kappa shape index (κ1) is 14.1. The van der Waals surface area contributed by atoms with Crippen LogP contribution in [0, 0.1) is 0 Å². The minimum Gasteiger partial charge on any atom is -0.360 e. The molecule has 22 heavy (non-hydrogen) atoms. The molecule has 0 aromatic carbocycles. The van der Waals surface area contributed by atoms with Crippen molar-refractivity contribution >= 4 is 0 Å². The van der Waals surface area contributed by atoms with Gasteiger partial charge in [0, 0.05) is 0 Å². The monoisotopic (exact) mass is 308 g/mol. The maximum Gasteiger partial charge on any atom is 0.114 e. The van der Waals surface area contributed by atoms with Gasteiger partial charge in [0.2, 0.25) is 0 Å². The number of hydrazine groups is 2. The van der Waals surface area contributed by atoms with E-state index in [1.54, 1.807) is 0 Å². The zero-order valence-electron chi connectivity index (χ0n) is 13.4. The number of nitrogens with zero attached hydrogens (tertiary/aromatic N) is 4. The van der Waals surface area contributed by atoms with Crippen molar-refractivity contribution in [2.45, 2.75) is 75.7 Å². The van der Waals surface area contributed by atoms with Crippen molar-refractivity contribution in [1.82, 2.24) is 20.0 Å². The highest BCUT2D eigenvalue weighted by Gasteiger charge is 2.47. The van der Waals surface area contributed by atoms with Crippen LogP contribution in [0.4, 0.5) is 0 Å². The molecule has 3 saturated heterocycles. The Kier molecular flexibility index (Phi) is 3.65. The van der Waals surface area contributed by atoms with Crippen molar-refractivity contribution in [2.75, 3.05) is 26.8 Å². The van der Waals surface area contributed by atoms with E-state index in [2.05, 4.69) is 20.0 Å². The van der Waals surface area contributed by atoms with E-state index in [9.17, 15) is 0 Å². The van der Waals surface area contributed by atoms with E-state index in [0.717, 1.165) is 26.8 Å². The largest absolute Gasteiger partial charge is 0.360 e. The molecule has 124 valence electrons. The quantitative estimate of drug-likeness (QED) is 0.675. The van der Waals surface area contributed by atoms with Gasteiger partial charge in [-0.2, -0.15) is 10.0 Å². The average Bonchev–Trinajstić information content (AvgIpc) is 2.60. The zero-order valence-corrected chi connectivity index (χ0v) is 13.4. The Labute approximate surface area is 132 Å². The lowest BCUT2D eigenvalue weighted by Gasteiger charge is -2.60. The highest BCUT2D eigenvalue weighted by atomic mass is 16.5. The maximum absolute atomic E-state index is 6.14. The van der Waals surface area contributed by atoms with E-state index in [-0.39, 0.29) is 0 Å². The molecule has 4 unspecified atom stereocenters. The molecule has 0 radical (unpaired) electrons. The third-order valence-corrected chi connectivity index (χ3v) is 6.32. The lowest BCUT2D eigenvalue weighted by Crippen LogP contribution is -2.74. The Bertz CT molecular complexity index is 387. The third kappa shape index (κ3) is 2.24. The van der Waals surface area contributed by atoms with Crippen LogP contribution < -0.4 is 0 Å². The number of fused-ring (bicyclic) bond motifs is 6. The first-order chi connectivity index (χ1) is 10.9. The minimum atomic E-state index is 0.458. The Morgan fingerprint density at radius 3 is 1.64 bits per heavy atom. The Balaban J connectivity index is 1.37. The van der Waals surface area contributed by atoms with Gasteiger partial charge in [-0.15, -0.1) is 0 Å². The van der Waals surface area contributed by atoms with Crippen LogP contribution in [-0.4, -0.2) is 71.1 Å². The molecule has 2 aliphatic carbocycles. The molecular weight excluding hydrogens is 280 g/mol. The van der Waals surface area contributed by atoms with Crippen LogP contribution in [0.25, 0.3) is 0 Å². The lowest BCUT2D eigenvalue weighted by molar-refractivity contribution is -0.356. The van der Waals surface area contributed by atoms with Gasteiger partial charge in [-0.1, -0.05) is 25.7 Å². The molecule has 0 bridgehead atoms. The predicted octanol–water partition coefficient (Wildman–Crippen LogP) is 1.55. The molecule has 0 aromatic heterocycles. The second-order valence-corrected chi connectivity index (χ2v) is 7.55. The summed E-state index contributed by atoms with van der Waals surface area (Å²) >= 11 is 0. The Hall–Kier alpha value is -0.240. The molecule has 0 N–H and O–H groups in total. The van der Waals surface area contributed by atoms with E-state index in [4.69, 9.17) is 9.47 Å². The van der Waals surface area contributed by atoms with Crippen molar-refractivity contribution < 1.29 is 9.47 Å². The molecule has 3 heterocycles. The summed E-state index contributed by atoms with van der Waals surface area (Å²) in [5, 5.41) is 10.0. The molecule has 6 nitrogen and oxygen atoms in total. The van der Waals surface area contributed by atoms with Gasteiger partial charge in [0.25, 0.3) is 0 Å². The topological polar surface area (TPSA) is 31.4 Å². The number of hydrogen-bond donors (Lipinski definition) is 0. The molecule has 3 aliphatic heterocycles. The van der Waals surface area contributed by atoms with Crippen LogP contribution >= 0.6 is 0 Å². The zero-order chi connectivity index (χ0) is 14.5.